The lowest BCUT2D eigenvalue weighted by atomic mass is 9.80. The Labute approximate surface area is 255 Å². The highest BCUT2D eigenvalue weighted by Crippen LogP contribution is 2.39. The summed E-state index contributed by atoms with van der Waals surface area (Å²) < 4.78 is 69.5. The summed E-state index contributed by atoms with van der Waals surface area (Å²) in [6.45, 7) is 1.09. The molecule has 2 aromatic heterocycles. The Morgan fingerprint density at radius 2 is 1.93 bits per heavy atom. The van der Waals surface area contributed by atoms with Crippen molar-refractivity contribution in [1.82, 2.24) is 19.4 Å². The zero-order valence-corrected chi connectivity index (χ0v) is 24.5. The van der Waals surface area contributed by atoms with Gasteiger partial charge in [0, 0.05) is 30.8 Å². The number of alkyl halides is 3. The normalized spacial score (nSPS) is 16.5. The molecule has 0 spiro atoms. The first-order valence-electron chi connectivity index (χ1n) is 14.1. The molecule has 0 atom stereocenters. The van der Waals surface area contributed by atoms with E-state index in [0.29, 0.717) is 54.2 Å². The smallest absolute Gasteiger partial charge is 0.421 e. The van der Waals surface area contributed by atoms with Crippen LogP contribution in [0.25, 0.3) is 11.0 Å². The Morgan fingerprint density at radius 3 is 2.59 bits per heavy atom. The van der Waals surface area contributed by atoms with Crippen LogP contribution >= 0.6 is 11.6 Å². The number of rotatable bonds is 9. The Kier molecular flexibility index (Phi) is 8.02. The average molecular weight is 633 g/mol. The first kappa shape index (κ1) is 30.3. The van der Waals surface area contributed by atoms with Crippen molar-refractivity contribution in [2.75, 3.05) is 13.7 Å². The molecule has 6 rings (SSSR count). The Bertz CT molecular complexity index is 1730. The highest BCUT2D eigenvalue weighted by atomic mass is 35.5. The van der Waals surface area contributed by atoms with Gasteiger partial charge in [-0.25, -0.2) is 19.2 Å². The fraction of sp³-hybridized carbons (Fsp3) is 0.387. The Balaban J connectivity index is 1.29. The summed E-state index contributed by atoms with van der Waals surface area (Å²) in [7, 11) is 1.67. The largest absolute Gasteiger partial charge is 0.478 e. The summed E-state index contributed by atoms with van der Waals surface area (Å²) in [5.41, 5.74) is 1.03. The molecule has 4 aromatic rings. The number of imidazole rings is 1. The van der Waals surface area contributed by atoms with Gasteiger partial charge in [0.1, 0.15) is 23.8 Å². The lowest BCUT2D eigenvalue weighted by molar-refractivity contribution is -0.139. The quantitative estimate of drug-likeness (QED) is 0.207. The third-order valence-electron chi connectivity index (χ3n) is 8.50. The van der Waals surface area contributed by atoms with Gasteiger partial charge in [0.2, 0.25) is 5.88 Å². The van der Waals surface area contributed by atoms with Crippen LogP contribution in [-0.4, -0.2) is 49.8 Å². The van der Waals surface area contributed by atoms with Crippen LogP contribution in [0, 0.1) is 5.82 Å². The van der Waals surface area contributed by atoms with Crippen molar-refractivity contribution in [3.63, 3.8) is 0 Å². The monoisotopic (exact) mass is 632 g/mol. The minimum Gasteiger partial charge on any atom is -0.478 e. The van der Waals surface area contributed by atoms with E-state index in [0.717, 1.165) is 31.4 Å². The van der Waals surface area contributed by atoms with Gasteiger partial charge in [-0.1, -0.05) is 17.7 Å². The standard InChI is InChI=1S/C31H29ClF4N4O4/c1-43-30(8-2-9-30)17-40-26-12-19(29(41)42)4-6-24(26)37-27(40)15-39-10-7-18-11-22(31(34,35)36)28(38-25(18)14-39)44-16-20-3-5-21(32)13-23(20)33/h3-6,11-13H,2,7-10,14-17H2,1H3,(H,41,42). The van der Waals surface area contributed by atoms with E-state index < -0.39 is 36.0 Å². The maximum Gasteiger partial charge on any atom is 0.421 e. The van der Waals surface area contributed by atoms with Crippen LogP contribution in [0.1, 0.15) is 57.8 Å². The second-order valence-corrected chi connectivity index (χ2v) is 11.7. The van der Waals surface area contributed by atoms with E-state index in [-0.39, 0.29) is 28.3 Å². The molecular weight excluding hydrogens is 604 g/mol. The molecule has 1 saturated carbocycles. The van der Waals surface area contributed by atoms with Crippen LogP contribution < -0.4 is 4.74 Å². The summed E-state index contributed by atoms with van der Waals surface area (Å²) in [5.74, 6) is -1.66. The van der Waals surface area contributed by atoms with Crippen molar-refractivity contribution < 1.29 is 36.9 Å². The van der Waals surface area contributed by atoms with Crippen LogP contribution in [-0.2, 0) is 43.6 Å². The van der Waals surface area contributed by atoms with Gasteiger partial charge in [-0.2, -0.15) is 13.2 Å². The third-order valence-corrected chi connectivity index (χ3v) is 8.73. The minimum atomic E-state index is -4.72. The summed E-state index contributed by atoms with van der Waals surface area (Å²) in [6, 6.07) is 9.72. The highest BCUT2D eigenvalue weighted by molar-refractivity contribution is 6.30. The van der Waals surface area contributed by atoms with Crippen LogP contribution in [0.3, 0.4) is 0 Å². The molecule has 0 unspecified atom stereocenters. The topological polar surface area (TPSA) is 89.7 Å². The molecule has 13 heteroatoms. The minimum absolute atomic E-state index is 0.0499. The van der Waals surface area contributed by atoms with Gasteiger partial charge in [0.25, 0.3) is 0 Å². The zero-order valence-electron chi connectivity index (χ0n) is 23.8. The molecular formula is C31H29ClF4N4O4. The van der Waals surface area contributed by atoms with Crippen molar-refractivity contribution in [3.05, 3.63) is 87.1 Å². The van der Waals surface area contributed by atoms with E-state index in [4.69, 9.17) is 26.1 Å². The summed E-state index contributed by atoms with van der Waals surface area (Å²) in [5, 5.41) is 9.74. The van der Waals surface area contributed by atoms with Crippen molar-refractivity contribution in [1.29, 1.82) is 0 Å². The number of carboxylic acids is 1. The van der Waals surface area contributed by atoms with E-state index in [1.54, 1.807) is 19.2 Å². The number of aromatic nitrogens is 3. The number of hydrogen-bond donors (Lipinski definition) is 1. The molecule has 0 saturated heterocycles. The number of nitrogens with zero attached hydrogens (tertiary/aromatic N) is 4. The zero-order chi connectivity index (χ0) is 31.2. The van der Waals surface area contributed by atoms with Crippen LogP contribution in [0.15, 0.2) is 42.5 Å². The molecule has 0 radical (unpaired) electrons. The number of carboxylic acid groups (broad SMARTS) is 1. The maximum atomic E-state index is 14.3. The summed E-state index contributed by atoms with van der Waals surface area (Å²) in [4.78, 5) is 22.8. The van der Waals surface area contributed by atoms with Crippen LogP contribution in [0.4, 0.5) is 17.6 Å². The lowest BCUT2D eigenvalue weighted by Crippen LogP contribution is -2.43. The summed E-state index contributed by atoms with van der Waals surface area (Å²) in [6.07, 6.45) is -1.63. The molecule has 1 aliphatic heterocycles. The van der Waals surface area contributed by atoms with Gasteiger partial charge in [-0.3, -0.25) is 4.90 Å². The molecule has 1 N–H and O–H groups in total. The number of benzene rings is 2. The average Bonchev–Trinajstić information content (AvgIpc) is 3.28. The predicted molar refractivity (Wildman–Crippen MR) is 153 cm³/mol. The van der Waals surface area contributed by atoms with Crippen molar-refractivity contribution >= 4 is 28.6 Å². The van der Waals surface area contributed by atoms with Gasteiger partial charge in [-0.15, -0.1) is 0 Å². The summed E-state index contributed by atoms with van der Waals surface area (Å²) >= 11 is 5.79. The highest BCUT2D eigenvalue weighted by Gasteiger charge is 2.39. The number of aromatic carboxylic acids is 1. The Hall–Kier alpha value is -3.74. The van der Waals surface area contributed by atoms with Gasteiger partial charge in [0.15, 0.2) is 0 Å². The second-order valence-electron chi connectivity index (χ2n) is 11.3. The number of fused-ring (bicyclic) bond motifs is 2. The SMILES string of the molecule is COC1(Cn2c(CN3CCc4cc(C(F)(F)F)c(OCc5ccc(Cl)cc5F)nc4C3)nc3ccc(C(=O)O)cc32)CCC1. The van der Waals surface area contributed by atoms with E-state index in [1.165, 1.54) is 18.2 Å². The van der Waals surface area contributed by atoms with Crippen molar-refractivity contribution in [2.24, 2.45) is 0 Å². The molecule has 3 heterocycles. The fourth-order valence-corrected chi connectivity index (χ4v) is 5.98. The van der Waals surface area contributed by atoms with E-state index in [1.807, 2.05) is 9.47 Å². The van der Waals surface area contributed by atoms with Gasteiger partial charge in [-0.05, 0) is 67.6 Å². The Morgan fingerprint density at radius 1 is 1.14 bits per heavy atom. The van der Waals surface area contributed by atoms with Gasteiger partial charge < -0.3 is 19.1 Å². The number of halogens is 5. The maximum absolute atomic E-state index is 14.3. The van der Waals surface area contributed by atoms with Crippen LogP contribution in [0.2, 0.25) is 5.02 Å². The van der Waals surface area contributed by atoms with Crippen molar-refractivity contribution in [2.45, 2.75) is 63.7 Å². The molecule has 1 fully saturated rings. The van der Waals surface area contributed by atoms with E-state index >= 15 is 0 Å². The first-order valence-corrected chi connectivity index (χ1v) is 14.5. The number of methoxy groups -OCH3 is 1. The molecule has 8 nitrogen and oxygen atoms in total. The molecule has 232 valence electrons. The number of ether oxygens (including phenoxy) is 2. The van der Waals surface area contributed by atoms with E-state index in [2.05, 4.69) is 4.98 Å². The molecule has 2 aliphatic rings. The predicted octanol–water partition coefficient (Wildman–Crippen LogP) is 6.65. The lowest BCUT2D eigenvalue weighted by Gasteiger charge is -2.41. The second kappa shape index (κ2) is 11.6. The van der Waals surface area contributed by atoms with Crippen molar-refractivity contribution in [3.8, 4) is 5.88 Å². The number of carbonyl (C=O) groups is 1. The number of hydrogen-bond acceptors (Lipinski definition) is 6. The molecule has 0 bridgehead atoms. The molecule has 1 aliphatic carbocycles. The van der Waals surface area contributed by atoms with Gasteiger partial charge in [0.05, 0.1) is 41.0 Å². The molecule has 2 aromatic carbocycles. The van der Waals surface area contributed by atoms with Crippen LogP contribution in [0.5, 0.6) is 5.88 Å². The number of pyridine rings is 1. The first-order chi connectivity index (χ1) is 20.9. The molecule has 0 amide bonds. The third kappa shape index (κ3) is 5.98. The molecule has 44 heavy (non-hydrogen) atoms. The van der Waals surface area contributed by atoms with E-state index in [9.17, 15) is 27.5 Å². The fourth-order valence-electron chi connectivity index (χ4n) is 5.82. The van der Waals surface area contributed by atoms with Gasteiger partial charge >= 0.3 is 12.1 Å².